The van der Waals surface area contributed by atoms with Gasteiger partial charge in [-0.15, -0.1) is 0 Å². The Balaban J connectivity index is 2.13. The van der Waals surface area contributed by atoms with Gasteiger partial charge >= 0.3 is 0 Å². The summed E-state index contributed by atoms with van der Waals surface area (Å²) >= 11 is 0. The number of aryl methyl sites for hydroxylation is 1. The number of anilines is 1. The number of aliphatic hydroxyl groups excluding tert-OH is 1. The molecule has 4 nitrogen and oxygen atoms in total. The second-order valence-corrected chi connectivity index (χ2v) is 5.49. The molecule has 1 aromatic rings. The van der Waals surface area contributed by atoms with Crippen LogP contribution in [0.1, 0.15) is 19.4 Å². The van der Waals surface area contributed by atoms with E-state index in [0.29, 0.717) is 19.8 Å². The number of ether oxygens (including phenoxy) is 2. The van der Waals surface area contributed by atoms with Crippen molar-refractivity contribution in [1.82, 2.24) is 0 Å². The molecule has 1 aliphatic rings. The van der Waals surface area contributed by atoms with Gasteiger partial charge in [0, 0.05) is 30.3 Å². The first-order valence-corrected chi connectivity index (χ1v) is 6.27. The molecule has 100 valence electrons. The van der Waals surface area contributed by atoms with E-state index in [9.17, 15) is 5.11 Å². The molecule has 0 spiro atoms. The zero-order chi connectivity index (χ0) is 13.2. The summed E-state index contributed by atoms with van der Waals surface area (Å²) < 4.78 is 11.1. The summed E-state index contributed by atoms with van der Waals surface area (Å²) in [5, 5.41) is 12.6. The lowest BCUT2D eigenvalue weighted by atomic mass is 9.95. The molecule has 2 rings (SSSR count). The van der Waals surface area contributed by atoms with Gasteiger partial charge in [0.05, 0.1) is 0 Å². The Hall–Kier alpha value is -1.42. The van der Waals surface area contributed by atoms with Crippen molar-refractivity contribution in [2.24, 2.45) is 5.41 Å². The van der Waals surface area contributed by atoms with Crippen LogP contribution >= 0.6 is 0 Å². The number of benzene rings is 1. The van der Waals surface area contributed by atoms with Crippen LogP contribution in [0.5, 0.6) is 11.5 Å². The Morgan fingerprint density at radius 3 is 2.44 bits per heavy atom. The van der Waals surface area contributed by atoms with Gasteiger partial charge in [0.25, 0.3) is 0 Å². The molecule has 0 atom stereocenters. The summed E-state index contributed by atoms with van der Waals surface area (Å²) in [6, 6.07) is 3.96. The van der Waals surface area contributed by atoms with Gasteiger partial charge in [-0.2, -0.15) is 0 Å². The topological polar surface area (TPSA) is 50.7 Å². The maximum Gasteiger partial charge on any atom is 0.163 e. The van der Waals surface area contributed by atoms with Crippen molar-refractivity contribution in [2.45, 2.75) is 20.8 Å². The quantitative estimate of drug-likeness (QED) is 0.861. The Bertz CT molecular complexity index is 429. The number of nitrogens with one attached hydrogen (secondary N) is 1. The van der Waals surface area contributed by atoms with E-state index in [-0.39, 0.29) is 12.0 Å². The average molecular weight is 251 g/mol. The van der Waals surface area contributed by atoms with Crippen molar-refractivity contribution < 1.29 is 14.6 Å². The molecule has 0 radical (unpaired) electrons. The zero-order valence-corrected chi connectivity index (χ0v) is 11.2. The number of fused-ring (bicyclic) bond motifs is 1. The minimum absolute atomic E-state index is 0.139. The van der Waals surface area contributed by atoms with Crippen LogP contribution in [-0.4, -0.2) is 31.5 Å². The molecule has 1 aliphatic heterocycles. The molecule has 0 saturated heterocycles. The van der Waals surface area contributed by atoms with Crippen molar-refractivity contribution in [1.29, 1.82) is 0 Å². The lowest BCUT2D eigenvalue weighted by molar-refractivity contribution is 0.169. The van der Waals surface area contributed by atoms with Crippen LogP contribution in [0.4, 0.5) is 5.69 Å². The summed E-state index contributed by atoms with van der Waals surface area (Å²) in [7, 11) is 0. The molecule has 1 aromatic carbocycles. The van der Waals surface area contributed by atoms with Gasteiger partial charge in [-0.25, -0.2) is 0 Å². The standard InChI is InChI=1S/C14H21NO3/c1-10-6-12-13(18-5-4-17-12)7-11(10)15-8-14(2,3)9-16/h6-7,15-16H,4-5,8-9H2,1-3H3. The lowest BCUT2D eigenvalue weighted by Crippen LogP contribution is -2.27. The Morgan fingerprint density at radius 1 is 1.22 bits per heavy atom. The van der Waals surface area contributed by atoms with Gasteiger partial charge < -0.3 is 19.9 Å². The van der Waals surface area contributed by atoms with Crippen LogP contribution in [0.2, 0.25) is 0 Å². The fourth-order valence-electron chi connectivity index (χ4n) is 1.77. The molecule has 1 heterocycles. The van der Waals surface area contributed by atoms with E-state index in [1.807, 2.05) is 32.9 Å². The largest absolute Gasteiger partial charge is 0.486 e. The van der Waals surface area contributed by atoms with Crippen molar-refractivity contribution in [2.75, 3.05) is 31.7 Å². The predicted octanol–water partition coefficient (Wildman–Crippen LogP) is 2.20. The summed E-state index contributed by atoms with van der Waals surface area (Å²) in [6.07, 6.45) is 0. The van der Waals surface area contributed by atoms with E-state index < -0.39 is 0 Å². The van der Waals surface area contributed by atoms with Gasteiger partial charge in [0.1, 0.15) is 13.2 Å². The second-order valence-electron chi connectivity index (χ2n) is 5.49. The van der Waals surface area contributed by atoms with Crippen LogP contribution in [-0.2, 0) is 0 Å². The molecule has 0 saturated carbocycles. The fourth-order valence-corrected chi connectivity index (χ4v) is 1.77. The summed E-state index contributed by atoms with van der Waals surface area (Å²) in [4.78, 5) is 0. The monoisotopic (exact) mass is 251 g/mol. The number of hydrogen-bond donors (Lipinski definition) is 2. The third-order valence-corrected chi connectivity index (χ3v) is 3.07. The third kappa shape index (κ3) is 2.88. The SMILES string of the molecule is Cc1cc2c(cc1NCC(C)(C)CO)OCCO2. The van der Waals surface area contributed by atoms with Gasteiger partial charge in [-0.05, 0) is 18.6 Å². The smallest absolute Gasteiger partial charge is 0.163 e. The third-order valence-electron chi connectivity index (χ3n) is 3.07. The molecule has 0 amide bonds. The molecule has 0 unspecified atom stereocenters. The highest BCUT2D eigenvalue weighted by Crippen LogP contribution is 2.35. The van der Waals surface area contributed by atoms with Gasteiger partial charge in [-0.1, -0.05) is 13.8 Å². The van der Waals surface area contributed by atoms with Crippen molar-refractivity contribution in [3.8, 4) is 11.5 Å². The maximum absolute atomic E-state index is 9.25. The molecule has 0 aromatic heterocycles. The molecular formula is C14H21NO3. The van der Waals surface area contributed by atoms with E-state index in [1.165, 1.54) is 0 Å². The van der Waals surface area contributed by atoms with Crippen molar-refractivity contribution in [3.05, 3.63) is 17.7 Å². The molecule has 18 heavy (non-hydrogen) atoms. The molecule has 0 fully saturated rings. The van der Waals surface area contributed by atoms with Crippen molar-refractivity contribution >= 4 is 5.69 Å². The van der Waals surface area contributed by atoms with E-state index in [4.69, 9.17) is 9.47 Å². The predicted molar refractivity (Wildman–Crippen MR) is 71.5 cm³/mol. The number of hydrogen-bond acceptors (Lipinski definition) is 4. The van der Waals surface area contributed by atoms with Crippen LogP contribution in [0.3, 0.4) is 0 Å². The molecule has 2 N–H and O–H groups in total. The van der Waals surface area contributed by atoms with Crippen LogP contribution in [0.25, 0.3) is 0 Å². The maximum atomic E-state index is 9.25. The highest BCUT2D eigenvalue weighted by atomic mass is 16.6. The minimum Gasteiger partial charge on any atom is -0.486 e. The van der Waals surface area contributed by atoms with Crippen LogP contribution in [0.15, 0.2) is 12.1 Å². The molecule has 0 bridgehead atoms. The van der Waals surface area contributed by atoms with E-state index >= 15 is 0 Å². The van der Waals surface area contributed by atoms with E-state index in [1.54, 1.807) is 0 Å². The second kappa shape index (κ2) is 5.06. The van der Waals surface area contributed by atoms with Crippen LogP contribution < -0.4 is 14.8 Å². The van der Waals surface area contributed by atoms with Gasteiger partial charge in [0.15, 0.2) is 11.5 Å². The van der Waals surface area contributed by atoms with Gasteiger partial charge in [-0.3, -0.25) is 0 Å². The van der Waals surface area contributed by atoms with E-state index in [2.05, 4.69) is 5.32 Å². The summed E-state index contributed by atoms with van der Waals surface area (Å²) in [5.74, 6) is 1.60. The zero-order valence-electron chi connectivity index (χ0n) is 11.2. The Kier molecular flexibility index (Phi) is 3.66. The highest BCUT2D eigenvalue weighted by molar-refractivity contribution is 5.60. The number of aliphatic hydroxyl groups is 1. The summed E-state index contributed by atoms with van der Waals surface area (Å²) in [5.41, 5.74) is 2.01. The van der Waals surface area contributed by atoms with Gasteiger partial charge in [0.2, 0.25) is 0 Å². The van der Waals surface area contributed by atoms with Crippen LogP contribution in [0, 0.1) is 12.3 Å². The first-order valence-electron chi connectivity index (χ1n) is 6.27. The highest BCUT2D eigenvalue weighted by Gasteiger charge is 2.18. The molecular weight excluding hydrogens is 230 g/mol. The lowest BCUT2D eigenvalue weighted by Gasteiger charge is -2.25. The summed E-state index contributed by atoms with van der Waals surface area (Å²) in [6.45, 7) is 8.15. The average Bonchev–Trinajstić information content (AvgIpc) is 2.36. The van der Waals surface area contributed by atoms with E-state index in [0.717, 1.165) is 22.7 Å². The molecule has 4 heteroatoms. The van der Waals surface area contributed by atoms with Crippen molar-refractivity contribution in [3.63, 3.8) is 0 Å². The minimum atomic E-state index is -0.139. The Labute approximate surface area is 108 Å². The number of rotatable bonds is 4. The fraction of sp³-hybridized carbons (Fsp3) is 0.571. The normalized spacial score (nSPS) is 14.4. The Morgan fingerprint density at radius 2 is 1.83 bits per heavy atom. The first-order chi connectivity index (χ1) is 8.52. The molecule has 0 aliphatic carbocycles. The first kappa shape index (κ1) is 13.0.